The minimum Gasteiger partial charge on any atom is -1.00 e. The standard InChI is InChI=1S/C11H17N.ClH/c1-10(2)8-9-12-11-6-4-3-5-7-11;/h3-7,10,12H,8-9H2,1-2H3;1H. The minimum atomic E-state index is 0. The molecule has 0 bridgehead atoms. The fourth-order valence-electron chi connectivity index (χ4n) is 1.17. The van der Waals surface area contributed by atoms with Crippen molar-refractivity contribution >= 4 is 5.69 Å². The average molecular weight is 200 g/mol. The molecule has 0 radical (unpaired) electrons. The molecule has 0 atom stereocenters. The highest BCUT2D eigenvalue weighted by molar-refractivity contribution is 5.26. The predicted octanol–water partition coefficient (Wildman–Crippen LogP) is -1.07. The number of rotatable bonds is 4. The molecular weight excluding hydrogens is 182 g/mol. The molecule has 0 aliphatic rings. The summed E-state index contributed by atoms with van der Waals surface area (Å²) in [5, 5.41) is 2.31. The SMILES string of the molecule is CC(C)CC[NH2+]c1ccccc1.[Cl-]. The van der Waals surface area contributed by atoms with Gasteiger partial charge in [-0.2, -0.15) is 0 Å². The Morgan fingerprint density at radius 1 is 1.15 bits per heavy atom. The van der Waals surface area contributed by atoms with Crippen molar-refractivity contribution < 1.29 is 17.7 Å². The summed E-state index contributed by atoms with van der Waals surface area (Å²) in [5.74, 6) is 0.810. The van der Waals surface area contributed by atoms with E-state index < -0.39 is 0 Å². The largest absolute Gasteiger partial charge is 1.00 e. The Morgan fingerprint density at radius 3 is 2.31 bits per heavy atom. The zero-order valence-electron chi connectivity index (χ0n) is 8.33. The molecule has 0 spiro atoms. The van der Waals surface area contributed by atoms with Crippen LogP contribution in [0.3, 0.4) is 0 Å². The van der Waals surface area contributed by atoms with E-state index >= 15 is 0 Å². The summed E-state index contributed by atoms with van der Waals surface area (Å²) in [6, 6.07) is 10.5. The molecule has 0 aliphatic carbocycles. The Kier molecular flexibility index (Phi) is 6.65. The van der Waals surface area contributed by atoms with Crippen molar-refractivity contribution in [2.45, 2.75) is 20.3 Å². The maximum absolute atomic E-state index is 2.31. The number of hydrogen-bond donors (Lipinski definition) is 1. The average Bonchev–Trinajstić information content (AvgIpc) is 2.05. The molecule has 0 heterocycles. The van der Waals surface area contributed by atoms with Crippen LogP contribution in [-0.4, -0.2) is 6.54 Å². The number of benzene rings is 1. The van der Waals surface area contributed by atoms with Gasteiger partial charge in [-0.1, -0.05) is 32.0 Å². The second-order valence-electron chi connectivity index (χ2n) is 3.59. The monoisotopic (exact) mass is 199 g/mol. The van der Waals surface area contributed by atoms with E-state index in [0.717, 1.165) is 5.92 Å². The summed E-state index contributed by atoms with van der Waals surface area (Å²) < 4.78 is 0. The molecule has 1 aromatic rings. The van der Waals surface area contributed by atoms with E-state index in [0.29, 0.717) is 0 Å². The van der Waals surface area contributed by atoms with E-state index in [2.05, 4.69) is 49.5 Å². The molecule has 1 rings (SSSR count). The van der Waals surface area contributed by atoms with Crippen LogP contribution in [0, 0.1) is 5.92 Å². The van der Waals surface area contributed by atoms with Crippen LogP contribution < -0.4 is 17.7 Å². The molecular formula is C11H18ClN. The highest BCUT2D eigenvalue weighted by Gasteiger charge is 1.96. The summed E-state index contributed by atoms with van der Waals surface area (Å²) in [6.07, 6.45) is 1.29. The van der Waals surface area contributed by atoms with E-state index in [1.807, 2.05) is 0 Å². The molecule has 0 saturated carbocycles. The van der Waals surface area contributed by atoms with Crippen molar-refractivity contribution in [2.75, 3.05) is 6.54 Å². The molecule has 0 saturated heterocycles. The van der Waals surface area contributed by atoms with Crippen LogP contribution in [0.25, 0.3) is 0 Å². The Bertz CT molecular complexity index is 209. The first kappa shape index (κ1) is 12.5. The van der Waals surface area contributed by atoms with Gasteiger partial charge in [0.25, 0.3) is 0 Å². The van der Waals surface area contributed by atoms with Crippen molar-refractivity contribution in [1.82, 2.24) is 0 Å². The molecule has 0 aromatic heterocycles. The normalized spacial score (nSPS) is 9.77. The Labute approximate surface area is 87.0 Å². The summed E-state index contributed by atoms with van der Waals surface area (Å²) in [7, 11) is 0. The van der Waals surface area contributed by atoms with Gasteiger partial charge in [-0.15, -0.1) is 0 Å². The zero-order valence-corrected chi connectivity index (χ0v) is 9.09. The molecule has 0 aliphatic heterocycles. The van der Waals surface area contributed by atoms with Gasteiger partial charge in [0.05, 0.1) is 6.54 Å². The van der Waals surface area contributed by atoms with Crippen molar-refractivity contribution in [1.29, 1.82) is 0 Å². The lowest BCUT2D eigenvalue weighted by molar-refractivity contribution is -0.572. The zero-order chi connectivity index (χ0) is 8.81. The molecule has 74 valence electrons. The highest BCUT2D eigenvalue weighted by Crippen LogP contribution is 1.98. The lowest BCUT2D eigenvalue weighted by Gasteiger charge is -2.02. The van der Waals surface area contributed by atoms with Crippen molar-refractivity contribution in [2.24, 2.45) is 5.92 Å². The Morgan fingerprint density at radius 2 is 1.77 bits per heavy atom. The van der Waals surface area contributed by atoms with Crippen LogP contribution in [0.5, 0.6) is 0 Å². The fraction of sp³-hybridized carbons (Fsp3) is 0.455. The number of hydrogen-bond acceptors (Lipinski definition) is 0. The summed E-state index contributed by atoms with van der Waals surface area (Å²) >= 11 is 0. The quantitative estimate of drug-likeness (QED) is 0.595. The predicted molar refractivity (Wildman–Crippen MR) is 52.3 cm³/mol. The van der Waals surface area contributed by atoms with E-state index in [1.165, 1.54) is 18.7 Å². The fourth-order valence-corrected chi connectivity index (χ4v) is 1.17. The molecule has 0 amide bonds. The van der Waals surface area contributed by atoms with Gasteiger partial charge in [0, 0.05) is 0 Å². The van der Waals surface area contributed by atoms with Gasteiger partial charge in [-0.05, 0) is 24.5 Å². The van der Waals surface area contributed by atoms with Crippen LogP contribution in [0.4, 0.5) is 5.69 Å². The van der Waals surface area contributed by atoms with Gasteiger partial charge >= 0.3 is 0 Å². The van der Waals surface area contributed by atoms with Crippen LogP contribution in [0.2, 0.25) is 0 Å². The van der Waals surface area contributed by atoms with Crippen molar-refractivity contribution in [3.05, 3.63) is 30.3 Å². The van der Waals surface area contributed by atoms with E-state index in [4.69, 9.17) is 0 Å². The third kappa shape index (κ3) is 5.67. The third-order valence-electron chi connectivity index (χ3n) is 1.92. The third-order valence-corrected chi connectivity index (χ3v) is 1.92. The summed E-state index contributed by atoms with van der Waals surface area (Å²) in [6.45, 7) is 5.72. The number of para-hydroxylation sites is 1. The maximum Gasteiger partial charge on any atom is 0.129 e. The first-order valence-electron chi connectivity index (χ1n) is 4.67. The molecule has 1 nitrogen and oxygen atoms in total. The summed E-state index contributed by atoms with van der Waals surface area (Å²) in [5.41, 5.74) is 1.35. The number of halogens is 1. The second-order valence-corrected chi connectivity index (χ2v) is 3.59. The van der Waals surface area contributed by atoms with Gasteiger partial charge < -0.3 is 17.7 Å². The van der Waals surface area contributed by atoms with Crippen molar-refractivity contribution in [3.8, 4) is 0 Å². The van der Waals surface area contributed by atoms with Crippen LogP contribution in [-0.2, 0) is 0 Å². The topological polar surface area (TPSA) is 16.6 Å². The Hall–Kier alpha value is -0.530. The lowest BCUT2D eigenvalue weighted by Crippen LogP contribution is -3.00. The first-order chi connectivity index (χ1) is 5.79. The van der Waals surface area contributed by atoms with Gasteiger partial charge in [-0.25, -0.2) is 0 Å². The minimum absolute atomic E-state index is 0. The Balaban J connectivity index is 0.00000144. The molecule has 0 fully saturated rings. The molecule has 13 heavy (non-hydrogen) atoms. The lowest BCUT2D eigenvalue weighted by atomic mass is 10.1. The molecule has 2 heteroatoms. The van der Waals surface area contributed by atoms with Gasteiger partial charge in [-0.3, -0.25) is 0 Å². The smallest absolute Gasteiger partial charge is 0.129 e. The summed E-state index contributed by atoms with van der Waals surface area (Å²) in [4.78, 5) is 0. The van der Waals surface area contributed by atoms with Crippen LogP contribution >= 0.6 is 0 Å². The first-order valence-corrected chi connectivity index (χ1v) is 4.67. The van der Waals surface area contributed by atoms with Gasteiger partial charge in [0.15, 0.2) is 0 Å². The van der Waals surface area contributed by atoms with Crippen LogP contribution in [0.15, 0.2) is 30.3 Å². The van der Waals surface area contributed by atoms with Gasteiger partial charge in [0.2, 0.25) is 0 Å². The second kappa shape index (κ2) is 6.93. The molecule has 1 aromatic carbocycles. The van der Waals surface area contributed by atoms with E-state index in [9.17, 15) is 0 Å². The van der Waals surface area contributed by atoms with Crippen LogP contribution in [0.1, 0.15) is 20.3 Å². The highest BCUT2D eigenvalue weighted by atomic mass is 35.5. The van der Waals surface area contributed by atoms with E-state index in [-0.39, 0.29) is 12.4 Å². The van der Waals surface area contributed by atoms with E-state index in [1.54, 1.807) is 0 Å². The molecule has 0 unspecified atom stereocenters. The maximum atomic E-state index is 2.31. The van der Waals surface area contributed by atoms with Gasteiger partial charge in [0.1, 0.15) is 5.69 Å². The number of nitrogens with two attached hydrogens (primary N) is 1. The number of quaternary nitrogens is 1. The van der Waals surface area contributed by atoms with Crippen molar-refractivity contribution in [3.63, 3.8) is 0 Å². The molecule has 2 N–H and O–H groups in total.